The lowest BCUT2D eigenvalue weighted by atomic mass is 10.0. The molecule has 1 radical (unpaired) electrons. The Hall–Kier alpha value is -1.86. The predicted octanol–water partition coefficient (Wildman–Crippen LogP) is 5.02. The summed E-state index contributed by atoms with van der Waals surface area (Å²) in [4.78, 5) is 1.29. The maximum atomic E-state index is 2.21. The molecule has 0 aliphatic rings. The Labute approximate surface area is 112 Å². The van der Waals surface area contributed by atoms with E-state index in [1.54, 1.807) is 11.3 Å². The van der Waals surface area contributed by atoms with Crippen LogP contribution in [0.15, 0.2) is 72.1 Å². The van der Waals surface area contributed by atoms with Crippen molar-refractivity contribution in [1.29, 1.82) is 0 Å². The molecule has 0 saturated heterocycles. The first-order chi connectivity index (χ1) is 8.92. The van der Waals surface area contributed by atoms with Crippen molar-refractivity contribution in [2.75, 3.05) is 0 Å². The zero-order chi connectivity index (χ0) is 12.2. The van der Waals surface area contributed by atoms with E-state index in [0.29, 0.717) is 0 Å². The summed E-state index contributed by atoms with van der Waals surface area (Å²) < 4.78 is 0. The van der Waals surface area contributed by atoms with Gasteiger partial charge in [-0.2, -0.15) is 0 Å². The van der Waals surface area contributed by atoms with Gasteiger partial charge in [-0.1, -0.05) is 60.7 Å². The normalized spacial score (nSPS) is 10.4. The molecule has 0 nitrogen and oxygen atoms in total. The standard InChI is InChI=1S/C17H13S/c1-2-5-15(6-3-1)16-10-8-14(9-11-16)13-17-7-4-12-18-17/h1-13H. The molecule has 0 spiro atoms. The Kier molecular flexibility index (Phi) is 3.24. The van der Waals surface area contributed by atoms with Gasteiger partial charge < -0.3 is 0 Å². The molecule has 0 saturated carbocycles. The van der Waals surface area contributed by atoms with E-state index in [2.05, 4.69) is 72.5 Å². The summed E-state index contributed by atoms with van der Waals surface area (Å²) in [5.41, 5.74) is 3.77. The topological polar surface area (TPSA) is 0 Å². The Morgan fingerprint density at radius 2 is 1.39 bits per heavy atom. The van der Waals surface area contributed by atoms with Crippen LogP contribution in [0.4, 0.5) is 0 Å². The molecule has 3 aromatic rings. The summed E-state index contributed by atoms with van der Waals surface area (Å²) in [7, 11) is 0. The summed E-state index contributed by atoms with van der Waals surface area (Å²) in [5, 5.41) is 2.10. The van der Waals surface area contributed by atoms with Gasteiger partial charge in [0.05, 0.1) is 0 Å². The fraction of sp³-hybridized carbons (Fsp3) is 0. The number of hydrogen-bond acceptors (Lipinski definition) is 1. The SMILES string of the molecule is [CH](c1ccc(-c2ccccc2)cc1)c1cccs1. The van der Waals surface area contributed by atoms with Crippen LogP contribution in [0.2, 0.25) is 0 Å². The predicted molar refractivity (Wildman–Crippen MR) is 78.7 cm³/mol. The molecule has 0 bridgehead atoms. The first-order valence-electron chi connectivity index (χ1n) is 5.95. The summed E-state index contributed by atoms with van der Waals surface area (Å²) in [6.07, 6.45) is 2.21. The molecule has 0 aliphatic heterocycles. The first-order valence-corrected chi connectivity index (χ1v) is 6.83. The molecule has 3 rings (SSSR count). The fourth-order valence-electron chi connectivity index (χ4n) is 1.94. The highest BCUT2D eigenvalue weighted by Crippen LogP contribution is 2.22. The van der Waals surface area contributed by atoms with Crippen molar-refractivity contribution >= 4 is 11.3 Å². The van der Waals surface area contributed by atoms with Crippen molar-refractivity contribution in [3.63, 3.8) is 0 Å². The zero-order valence-corrected chi connectivity index (χ0v) is 10.7. The van der Waals surface area contributed by atoms with E-state index in [1.807, 2.05) is 6.07 Å². The van der Waals surface area contributed by atoms with Gasteiger partial charge in [0.2, 0.25) is 0 Å². The van der Waals surface area contributed by atoms with Gasteiger partial charge >= 0.3 is 0 Å². The molecule has 18 heavy (non-hydrogen) atoms. The van der Waals surface area contributed by atoms with E-state index in [-0.39, 0.29) is 0 Å². The molecule has 1 heteroatoms. The quantitative estimate of drug-likeness (QED) is 0.611. The van der Waals surface area contributed by atoms with Crippen LogP contribution < -0.4 is 0 Å². The van der Waals surface area contributed by atoms with Gasteiger partial charge in [-0.15, -0.1) is 11.3 Å². The van der Waals surface area contributed by atoms with Crippen LogP contribution in [0.5, 0.6) is 0 Å². The highest BCUT2D eigenvalue weighted by atomic mass is 32.1. The second-order valence-corrected chi connectivity index (χ2v) is 5.13. The van der Waals surface area contributed by atoms with Crippen molar-refractivity contribution in [3.05, 3.63) is 89.0 Å². The number of thiophene rings is 1. The number of rotatable bonds is 3. The van der Waals surface area contributed by atoms with Crippen LogP contribution in [-0.2, 0) is 0 Å². The van der Waals surface area contributed by atoms with E-state index >= 15 is 0 Å². The molecule has 0 fully saturated rings. The third-order valence-corrected chi connectivity index (χ3v) is 3.69. The average molecular weight is 249 g/mol. The highest BCUT2D eigenvalue weighted by Gasteiger charge is 1.99. The van der Waals surface area contributed by atoms with Gasteiger partial charge in [0, 0.05) is 11.3 Å². The lowest BCUT2D eigenvalue weighted by molar-refractivity contribution is 1.49. The molecule has 0 unspecified atom stereocenters. The maximum Gasteiger partial charge on any atom is 0.0301 e. The minimum Gasteiger partial charge on any atom is -0.148 e. The minimum absolute atomic E-state index is 1.25. The van der Waals surface area contributed by atoms with E-state index in [0.717, 1.165) is 0 Å². The van der Waals surface area contributed by atoms with E-state index in [1.165, 1.54) is 21.6 Å². The second-order valence-electron chi connectivity index (χ2n) is 4.15. The number of hydrogen-bond donors (Lipinski definition) is 0. The van der Waals surface area contributed by atoms with Gasteiger partial charge in [-0.3, -0.25) is 0 Å². The molecule has 87 valence electrons. The van der Waals surface area contributed by atoms with Gasteiger partial charge in [-0.25, -0.2) is 0 Å². The first kappa shape index (κ1) is 11.2. The van der Waals surface area contributed by atoms with Gasteiger partial charge in [0.1, 0.15) is 0 Å². The van der Waals surface area contributed by atoms with Crippen LogP contribution in [0.3, 0.4) is 0 Å². The van der Waals surface area contributed by atoms with Crippen molar-refractivity contribution in [2.24, 2.45) is 0 Å². The third kappa shape index (κ3) is 2.52. The molecular weight excluding hydrogens is 236 g/mol. The largest absolute Gasteiger partial charge is 0.148 e. The average Bonchev–Trinajstić information content (AvgIpc) is 2.94. The molecule has 0 amide bonds. The molecule has 2 aromatic carbocycles. The van der Waals surface area contributed by atoms with Crippen molar-refractivity contribution in [3.8, 4) is 11.1 Å². The monoisotopic (exact) mass is 249 g/mol. The van der Waals surface area contributed by atoms with Crippen LogP contribution in [-0.4, -0.2) is 0 Å². The number of benzene rings is 2. The molecule has 0 N–H and O–H groups in total. The summed E-state index contributed by atoms with van der Waals surface area (Å²) in [6.45, 7) is 0. The Balaban J connectivity index is 1.81. The van der Waals surface area contributed by atoms with E-state index < -0.39 is 0 Å². The lowest BCUT2D eigenvalue weighted by Crippen LogP contribution is -1.82. The van der Waals surface area contributed by atoms with Crippen molar-refractivity contribution in [2.45, 2.75) is 0 Å². The van der Waals surface area contributed by atoms with Crippen LogP contribution in [0.1, 0.15) is 10.4 Å². The molecule has 1 aromatic heterocycles. The highest BCUT2D eigenvalue weighted by molar-refractivity contribution is 7.10. The van der Waals surface area contributed by atoms with E-state index in [9.17, 15) is 0 Å². The zero-order valence-electron chi connectivity index (χ0n) is 9.91. The molecular formula is C17H13S. The third-order valence-electron chi connectivity index (χ3n) is 2.87. The Morgan fingerprint density at radius 3 is 2.06 bits per heavy atom. The van der Waals surface area contributed by atoms with Gasteiger partial charge in [-0.05, 0) is 28.1 Å². The molecule has 1 heterocycles. The maximum absolute atomic E-state index is 2.21. The van der Waals surface area contributed by atoms with Crippen LogP contribution >= 0.6 is 11.3 Å². The summed E-state index contributed by atoms with van der Waals surface area (Å²) in [6, 6.07) is 23.4. The fourth-order valence-corrected chi connectivity index (χ4v) is 2.62. The van der Waals surface area contributed by atoms with Gasteiger partial charge in [0.15, 0.2) is 0 Å². The van der Waals surface area contributed by atoms with Crippen molar-refractivity contribution < 1.29 is 0 Å². The van der Waals surface area contributed by atoms with Gasteiger partial charge in [0.25, 0.3) is 0 Å². The Bertz CT molecular complexity index is 592. The summed E-state index contributed by atoms with van der Waals surface area (Å²) >= 11 is 1.76. The Morgan fingerprint density at radius 1 is 0.667 bits per heavy atom. The second kappa shape index (κ2) is 5.19. The van der Waals surface area contributed by atoms with Crippen LogP contribution in [0, 0.1) is 6.42 Å². The molecule has 0 atom stereocenters. The summed E-state index contributed by atoms with van der Waals surface area (Å²) in [5.74, 6) is 0. The lowest BCUT2D eigenvalue weighted by Gasteiger charge is -2.03. The minimum atomic E-state index is 1.25. The van der Waals surface area contributed by atoms with Crippen LogP contribution in [0.25, 0.3) is 11.1 Å². The smallest absolute Gasteiger partial charge is 0.0301 e. The van der Waals surface area contributed by atoms with E-state index in [4.69, 9.17) is 0 Å². The van der Waals surface area contributed by atoms with Crippen molar-refractivity contribution in [1.82, 2.24) is 0 Å². The molecule has 0 aliphatic carbocycles.